The van der Waals surface area contributed by atoms with Crippen molar-refractivity contribution in [3.63, 3.8) is 0 Å². The van der Waals surface area contributed by atoms with Gasteiger partial charge in [0.15, 0.2) is 0 Å². The number of nitrogens with two attached hydrogens (primary N) is 1. The van der Waals surface area contributed by atoms with Crippen LogP contribution >= 0.6 is 0 Å². The van der Waals surface area contributed by atoms with E-state index in [1.807, 2.05) is 0 Å². The summed E-state index contributed by atoms with van der Waals surface area (Å²) in [5, 5.41) is 0. The zero-order valence-electron chi connectivity index (χ0n) is 10.7. The molecule has 1 heterocycles. The molecule has 0 atom stereocenters. The van der Waals surface area contributed by atoms with Crippen molar-refractivity contribution in [1.29, 1.82) is 0 Å². The second-order valence-corrected chi connectivity index (χ2v) is 6.03. The molecule has 2 N–H and O–H groups in total. The van der Waals surface area contributed by atoms with Crippen LogP contribution in [0.3, 0.4) is 0 Å². The van der Waals surface area contributed by atoms with Crippen molar-refractivity contribution >= 4 is 0 Å². The molecule has 1 aromatic carbocycles. The molecule has 1 aliphatic heterocycles. The number of hydrogen-bond donors (Lipinski definition) is 1. The number of likely N-dealkylation sites (tertiary alicyclic amines) is 1. The Morgan fingerprint density at radius 1 is 1.35 bits per heavy atom. The maximum Gasteiger partial charge on any atom is 0.0158 e. The molecule has 0 aromatic heterocycles. The predicted molar refractivity (Wildman–Crippen MR) is 71.2 cm³/mol. The molecule has 2 nitrogen and oxygen atoms in total. The third kappa shape index (κ3) is 2.53. The molecule has 0 spiro atoms. The molecule has 0 radical (unpaired) electrons. The third-order valence-electron chi connectivity index (χ3n) is 4.29. The molecule has 1 saturated heterocycles. The second-order valence-electron chi connectivity index (χ2n) is 6.03. The highest BCUT2D eigenvalue weighted by Gasteiger charge is 2.37. The van der Waals surface area contributed by atoms with E-state index in [4.69, 9.17) is 5.73 Å². The normalized spacial score (nSPS) is 23.4. The van der Waals surface area contributed by atoms with Gasteiger partial charge in [0, 0.05) is 24.5 Å². The molecule has 17 heavy (non-hydrogen) atoms. The van der Waals surface area contributed by atoms with Crippen LogP contribution in [0.15, 0.2) is 24.3 Å². The Kier molecular flexibility index (Phi) is 2.72. The van der Waals surface area contributed by atoms with Crippen molar-refractivity contribution in [2.75, 3.05) is 20.1 Å². The van der Waals surface area contributed by atoms with Gasteiger partial charge < -0.3 is 10.6 Å². The summed E-state index contributed by atoms with van der Waals surface area (Å²) in [5.74, 6) is 0.757. The average molecular weight is 230 g/mol. The third-order valence-corrected chi connectivity index (χ3v) is 4.29. The molecule has 1 aromatic rings. The lowest BCUT2D eigenvalue weighted by Crippen LogP contribution is -2.41. The molecule has 3 rings (SSSR count). The van der Waals surface area contributed by atoms with E-state index in [1.165, 1.54) is 37.1 Å². The Bertz CT molecular complexity index is 403. The van der Waals surface area contributed by atoms with E-state index in [0.717, 1.165) is 18.8 Å². The minimum atomic E-state index is 0.187. The first-order valence-electron chi connectivity index (χ1n) is 6.71. The highest BCUT2D eigenvalue weighted by Crippen LogP contribution is 2.36. The van der Waals surface area contributed by atoms with E-state index in [-0.39, 0.29) is 5.54 Å². The van der Waals surface area contributed by atoms with Crippen molar-refractivity contribution < 1.29 is 0 Å². The zero-order valence-corrected chi connectivity index (χ0v) is 10.7. The molecule has 1 aliphatic carbocycles. The van der Waals surface area contributed by atoms with Gasteiger partial charge in [0.1, 0.15) is 0 Å². The van der Waals surface area contributed by atoms with Crippen molar-refractivity contribution in [2.45, 2.75) is 37.1 Å². The number of aryl methyl sites for hydroxylation is 1. The van der Waals surface area contributed by atoms with Gasteiger partial charge in [-0.1, -0.05) is 24.3 Å². The van der Waals surface area contributed by atoms with E-state index in [9.17, 15) is 0 Å². The average Bonchev–Trinajstić information content (AvgIpc) is 3.02. The lowest BCUT2D eigenvalue weighted by Gasteiger charge is -2.36. The molecule has 0 bridgehead atoms. The van der Waals surface area contributed by atoms with E-state index in [1.54, 1.807) is 0 Å². The van der Waals surface area contributed by atoms with Crippen LogP contribution in [0, 0.1) is 0 Å². The lowest BCUT2D eigenvalue weighted by atomic mass is 9.90. The number of likely N-dealkylation sites (N-methyl/N-ethyl adjacent to an activating group) is 1. The van der Waals surface area contributed by atoms with Crippen LogP contribution in [0.1, 0.15) is 36.3 Å². The summed E-state index contributed by atoms with van der Waals surface area (Å²) >= 11 is 0. The number of rotatable bonds is 4. The standard InChI is InChI=1S/C15H22N2/c1-17-10-14(11-17)13-4-2-3-12(9-13)5-6-15(16)7-8-15/h2-4,9,14H,5-8,10-11,16H2,1H3. The molecule has 0 unspecified atom stereocenters. The monoisotopic (exact) mass is 230 g/mol. The summed E-state index contributed by atoms with van der Waals surface area (Å²) in [6.45, 7) is 2.43. The Morgan fingerprint density at radius 2 is 2.12 bits per heavy atom. The first-order valence-corrected chi connectivity index (χ1v) is 6.71. The fraction of sp³-hybridized carbons (Fsp3) is 0.600. The number of nitrogens with zero attached hydrogens (tertiary/aromatic N) is 1. The van der Waals surface area contributed by atoms with Gasteiger partial charge in [-0.25, -0.2) is 0 Å². The topological polar surface area (TPSA) is 29.3 Å². The Labute approximate surface area is 104 Å². The lowest BCUT2D eigenvalue weighted by molar-refractivity contribution is 0.189. The van der Waals surface area contributed by atoms with Crippen LogP contribution in [-0.2, 0) is 6.42 Å². The minimum absolute atomic E-state index is 0.187. The van der Waals surface area contributed by atoms with E-state index in [0.29, 0.717) is 0 Å². The maximum atomic E-state index is 6.14. The number of hydrogen-bond acceptors (Lipinski definition) is 2. The SMILES string of the molecule is CN1CC(c2cccc(CCC3(N)CC3)c2)C1. The van der Waals surface area contributed by atoms with Gasteiger partial charge in [-0.15, -0.1) is 0 Å². The molecule has 2 aliphatic rings. The van der Waals surface area contributed by atoms with E-state index >= 15 is 0 Å². The Balaban J connectivity index is 1.62. The van der Waals surface area contributed by atoms with E-state index < -0.39 is 0 Å². The largest absolute Gasteiger partial charge is 0.325 e. The fourth-order valence-electron chi connectivity index (χ4n) is 2.72. The summed E-state index contributed by atoms with van der Waals surface area (Å²) in [6, 6.07) is 9.12. The molecule has 1 saturated carbocycles. The summed E-state index contributed by atoms with van der Waals surface area (Å²) in [4.78, 5) is 2.37. The molecule has 2 fully saturated rings. The maximum absolute atomic E-state index is 6.14. The van der Waals surface area contributed by atoms with Gasteiger partial charge in [0.05, 0.1) is 0 Å². The van der Waals surface area contributed by atoms with Crippen LogP contribution in [0.5, 0.6) is 0 Å². The highest BCUT2D eigenvalue weighted by molar-refractivity contribution is 5.29. The number of benzene rings is 1. The van der Waals surface area contributed by atoms with Crippen LogP contribution in [0.4, 0.5) is 0 Å². The van der Waals surface area contributed by atoms with Crippen LogP contribution in [-0.4, -0.2) is 30.6 Å². The van der Waals surface area contributed by atoms with Crippen LogP contribution in [0.2, 0.25) is 0 Å². The molecular formula is C15H22N2. The van der Waals surface area contributed by atoms with Crippen molar-refractivity contribution in [3.8, 4) is 0 Å². The van der Waals surface area contributed by atoms with Crippen molar-refractivity contribution in [3.05, 3.63) is 35.4 Å². The molecule has 92 valence electrons. The molecular weight excluding hydrogens is 208 g/mol. The molecule has 2 heteroatoms. The minimum Gasteiger partial charge on any atom is -0.325 e. The van der Waals surface area contributed by atoms with Gasteiger partial charge >= 0.3 is 0 Å². The first kappa shape index (κ1) is 11.2. The van der Waals surface area contributed by atoms with Crippen LogP contribution < -0.4 is 5.73 Å². The smallest absolute Gasteiger partial charge is 0.0158 e. The highest BCUT2D eigenvalue weighted by atomic mass is 15.2. The second kappa shape index (κ2) is 4.11. The summed E-state index contributed by atoms with van der Waals surface area (Å²) < 4.78 is 0. The summed E-state index contributed by atoms with van der Waals surface area (Å²) in [5.41, 5.74) is 9.31. The van der Waals surface area contributed by atoms with Gasteiger partial charge in [0.25, 0.3) is 0 Å². The first-order chi connectivity index (χ1) is 8.15. The van der Waals surface area contributed by atoms with Gasteiger partial charge in [0.2, 0.25) is 0 Å². The quantitative estimate of drug-likeness (QED) is 0.858. The van der Waals surface area contributed by atoms with Gasteiger partial charge in [-0.05, 0) is 43.9 Å². The Morgan fingerprint density at radius 3 is 2.76 bits per heavy atom. The summed E-state index contributed by atoms with van der Waals surface area (Å²) in [6.07, 6.45) is 4.74. The molecule has 0 amide bonds. The van der Waals surface area contributed by atoms with E-state index in [2.05, 4.69) is 36.2 Å². The fourth-order valence-corrected chi connectivity index (χ4v) is 2.72. The van der Waals surface area contributed by atoms with Gasteiger partial charge in [-0.2, -0.15) is 0 Å². The zero-order chi connectivity index (χ0) is 11.9. The van der Waals surface area contributed by atoms with Crippen LogP contribution in [0.25, 0.3) is 0 Å². The Hall–Kier alpha value is -0.860. The van der Waals surface area contributed by atoms with Gasteiger partial charge in [-0.3, -0.25) is 0 Å². The van der Waals surface area contributed by atoms with Crippen molar-refractivity contribution in [1.82, 2.24) is 4.90 Å². The predicted octanol–water partition coefficient (Wildman–Crippen LogP) is 2.14. The summed E-state index contributed by atoms with van der Waals surface area (Å²) in [7, 11) is 2.19. The van der Waals surface area contributed by atoms with Crippen molar-refractivity contribution in [2.24, 2.45) is 5.73 Å².